The van der Waals surface area contributed by atoms with Gasteiger partial charge in [-0.1, -0.05) is 44.1 Å². The summed E-state index contributed by atoms with van der Waals surface area (Å²) >= 11 is 0. The zero-order chi connectivity index (χ0) is 14.5. The Morgan fingerprint density at radius 2 is 2.05 bits per heavy atom. The van der Waals surface area contributed by atoms with Crippen LogP contribution in [0.1, 0.15) is 56.5 Å². The summed E-state index contributed by atoms with van der Waals surface area (Å²) in [6.07, 6.45) is 0.110. The second kappa shape index (κ2) is 6.52. The first-order chi connectivity index (χ1) is 9.61. The Kier molecular flexibility index (Phi) is 4.74. The highest BCUT2D eigenvalue weighted by atomic mass is 16.5. The van der Waals surface area contributed by atoms with Gasteiger partial charge in [-0.25, -0.2) is 0 Å². The van der Waals surface area contributed by atoms with E-state index in [1.54, 1.807) is 0 Å². The molecule has 0 fully saturated rings. The van der Waals surface area contributed by atoms with Crippen LogP contribution in [0.3, 0.4) is 0 Å². The minimum absolute atomic E-state index is 0.202. The second-order valence-corrected chi connectivity index (χ2v) is 4.95. The number of para-hydroxylation sites is 1. The van der Waals surface area contributed by atoms with Gasteiger partial charge in [-0.2, -0.15) is 4.98 Å². The summed E-state index contributed by atoms with van der Waals surface area (Å²) in [5, 5.41) is 13.8. The van der Waals surface area contributed by atoms with E-state index in [0.29, 0.717) is 23.9 Å². The van der Waals surface area contributed by atoms with Gasteiger partial charge in [-0.3, -0.25) is 0 Å². The third-order valence-corrected chi connectivity index (χ3v) is 3.02. The van der Waals surface area contributed by atoms with Crippen molar-refractivity contribution in [2.45, 2.75) is 45.8 Å². The number of hydrogen-bond acceptors (Lipinski definition) is 5. The molecule has 1 N–H and O–H groups in total. The summed E-state index contributed by atoms with van der Waals surface area (Å²) in [7, 11) is 0. The number of aliphatic hydroxyl groups excluding tert-OH is 1. The molecule has 108 valence electrons. The molecule has 1 atom stereocenters. The van der Waals surface area contributed by atoms with Gasteiger partial charge in [0.15, 0.2) is 12.4 Å². The molecule has 0 unspecified atom stereocenters. The fourth-order valence-electron chi connectivity index (χ4n) is 1.81. The summed E-state index contributed by atoms with van der Waals surface area (Å²) in [6.45, 7) is 6.13. The molecular weight excluding hydrogens is 256 g/mol. The number of benzene rings is 1. The van der Waals surface area contributed by atoms with Crippen molar-refractivity contribution in [3.05, 3.63) is 41.5 Å². The van der Waals surface area contributed by atoms with Crippen molar-refractivity contribution in [2.75, 3.05) is 0 Å². The van der Waals surface area contributed by atoms with Crippen LogP contribution in [0.4, 0.5) is 0 Å². The van der Waals surface area contributed by atoms with E-state index in [2.05, 4.69) is 10.1 Å². The van der Waals surface area contributed by atoms with Gasteiger partial charge in [0.2, 0.25) is 0 Å². The number of ether oxygens (including phenoxy) is 1. The molecule has 5 heteroatoms. The number of aliphatic hydroxyl groups is 1. The normalized spacial score (nSPS) is 12.7. The van der Waals surface area contributed by atoms with Crippen molar-refractivity contribution in [3.63, 3.8) is 0 Å². The first kappa shape index (κ1) is 14.5. The van der Waals surface area contributed by atoms with Crippen LogP contribution in [-0.4, -0.2) is 15.2 Å². The minimum Gasteiger partial charge on any atom is -0.483 e. The Morgan fingerprint density at radius 3 is 2.70 bits per heavy atom. The summed E-state index contributed by atoms with van der Waals surface area (Å²) in [6, 6.07) is 7.43. The lowest BCUT2D eigenvalue weighted by atomic mass is 10.1. The Hall–Kier alpha value is -1.88. The summed E-state index contributed by atoms with van der Waals surface area (Å²) < 4.78 is 10.8. The third-order valence-electron chi connectivity index (χ3n) is 3.02. The molecule has 0 aliphatic rings. The Balaban J connectivity index is 2.06. The van der Waals surface area contributed by atoms with E-state index in [1.807, 2.05) is 45.0 Å². The topological polar surface area (TPSA) is 68.4 Å². The van der Waals surface area contributed by atoms with Gasteiger partial charge < -0.3 is 14.4 Å². The third kappa shape index (κ3) is 3.36. The SMILES string of the molecule is CC[C@@H](O)c1ccccc1OCc1nc(C(C)C)no1. The van der Waals surface area contributed by atoms with Crippen LogP contribution < -0.4 is 4.74 Å². The van der Waals surface area contributed by atoms with Crippen molar-refractivity contribution in [3.8, 4) is 5.75 Å². The molecule has 0 saturated heterocycles. The molecule has 0 amide bonds. The van der Waals surface area contributed by atoms with E-state index in [1.165, 1.54) is 0 Å². The first-order valence-electron chi connectivity index (χ1n) is 6.84. The lowest BCUT2D eigenvalue weighted by molar-refractivity contribution is 0.163. The number of nitrogens with zero attached hydrogens (tertiary/aromatic N) is 2. The first-order valence-corrected chi connectivity index (χ1v) is 6.84. The quantitative estimate of drug-likeness (QED) is 0.877. The van der Waals surface area contributed by atoms with Crippen molar-refractivity contribution >= 4 is 0 Å². The number of aromatic nitrogens is 2. The van der Waals surface area contributed by atoms with Gasteiger partial charge in [-0.15, -0.1) is 0 Å². The molecule has 20 heavy (non-hydrogen) atoms. The van der Waals surface area contributed by atoms with Gasteiger partial charge >= 0.3 is 0 Å². The average Bonchev–Trinajstić information content (AvgIpc) is 2.93. The van der Waals surface area contributed by atoms with Crippen LogP contribution in [0, 0.1) is 0 Å². The van der Waals surface area contributed by atoms with Crippen molar-refractivity contribution in [1.29, 1.82) is 0 Å². The molecule has 0 aliphatic carbocycles. The zero-order valence-corrected chi connectivity index (χ0v) is 12.0. The fraction of sp³-hybridized carbons (Fsp3) is 0.467. The molecule has 0 bridgehead atoms. The van der Waals surface area contributed by atoms with Crippen LogP contribution in [0.2, 0.25) is 0 Å². The molecule has 1 heterocycles. The van der Waals surface area contributed by atoms with E-state index >= 15 is 0 Å². The lowest BCUT2D eigenvalue weighted by Gasteiger charge is -2.13. The fourth-order valence-corrected chi connectivity index (χ4v) is 1.81. The van der Waals surface area contributed by atoms with E-state index in [9.17, 15) is 5.11 Å². The number of hydrogen-bond donors (Lipinski definition) is 1. The predicted octanol–water partition coefficient (Wildman–Crippen LogP) is 3.22. The van der Waals surface area contributed by atoms with Crippen molar-refractivity contribution < 1.29 is 14.4 Å². The second-order valence-electron chi connectivity index (χ2n) is 4.95. The molecule has 2 rings (SSSR count). The summed E-state index contributed by atoms with van der Waals surface area (Å²) in [5.74, 6) is 1.98. The Bertz CT molecular complexity index is 552. The van der Waals surface area contributed by atoms with Crippen molar-refractivity contribution in [1.82, 2.24) is 10.1 Å². The summed E-state index contributed by atoms with van der Waals surface area (Å²) in [5.41, 5.74) is 0.776. The molecule has 2 aromatic rings. The van der Waals surface area contributed by atoms with E-state index in [-0.39, 0.29) is 12.5 Å². The molecule has 1 aromatic carbocycles. The zero-order valence-electron chi connectivity index (χ0n) is 12.0. The van der Waals surface area contributed by atoms with Crippen LogP contribution in [0.5, 0.6) is 5.75 Å². The van der Waals surface area contributed by atoms with E-state index < -0.39 is 6.10 Å². The largest absolute Gasteiger partial charge is 0.483 e. The molecule has 5 nitrogen and oxygen atoms in total. The molecule has 0 radical (unpaired) electrons. The molecule has 0 aliphatic heterocycles. The van der Waals surface area contributed by atoms with Gasteiger partial charge in [-0.05, 0) is 12.5 Å². The Labute approximate surface area is 118 Å². The minimum atomic E-state index is -0.528. The smallest absolute Gasteiger partial charge is 0.264 e. The molecule has 0 saturated carbocycles. The average molecular weight is 276 g/mol. The Morgan fingerprint density at radius 1 is 1.30 bits per heavy atom. The predicted molar refractivity (Wildman–Crippen MR) is 74.4 cm³/mol. The van der Waals surface area contributed by atoms with Gasteiger partial charge in [0.25, 0.3) is 5.89 Å². The highest BCUT2D eigenvalue weighted by Crippen LogP contribution is 2.27. The molecule has 1 aromatic heterocycles. The molecular formula is C15H20N2O3. The van der Waals surface area contributed by atoms with Crippen LogP contribution in [0.15, 0.2) is 28.8 Å². The maximum Gasteiger partial charge on any atom is 0.264 e. The maximum atomic E-state index is 9.95. The van der Waals surface area contributed by atoms with Crippen LogP contribution in [0.25, 0.3) is 0 Å². The van der Waals surface area contributed by atoms with E-state index in [0.717, 1.165) is 5.56 Å². The number of rotatable bonds is 6. The highest BCUT2D eigenvalue weighted by molar-refractivity contribution is 5.35. The monoisotopic (exact) mass is 276 g/mol. The van der Waals surface area contributed by atoms with Gasteiger partial charge in [0.1, 0.15) is 5.75 Å². The highest BCUT2D eigenvalue weighted by Gasteiger charge is 2.13. The van der Waals surface area contributed by atoms with Crippen LogP contribution >= 0.6 is 0 Å². The summed E-state index contributed by atoms with van der Waals surface area (Å²) in [4.78, 5) is 4.25. The molecule has 0 spiro atoms. The van der Waals surface area contributed by atoms with E-state index in [4.69, 9.17) is 9.26 Å². The maximum absolute atomic E-state index is 9.95. The lowest BCUT2D eigenvalue weighted by Crippen LogP contribution is -2.02. The van der Waals surface area contributed by atoms with Gasteiger partial charge in [0, 0.05) is 11.5 Å². The van der Waals surface area contributed by atoms with Gasteiger partial charge in [0.05, 0.1) is 6.10 Å². The standard InChI is InChI=1S/C15H20N2O3/c1-4-12(18)11-7-5-6-8-13(11)19-9-14-16-15(10(2)3)17-20-14/h5-8,10,12,18H,4,9H2,1-3H3/t12-/m1/s1. The van der Waals surface area contributed by atoms with Crippen LogP contribution in [-0.2, 0) is 6.61 Å². The van der Waals surface area contributed by atoms with Crippen molar-refractivity contribution in [2.24, 2.45) is 0 Å².